The highest BCUT2D eigenvalue weighted by atomic mass is 16.5. The van der Waals surface area contributed by atoms with E-state index >= 15 is 0 Å². The number of aromatic nitrogens is 2. The maximum absolute atomic E-state index is 13.1. The van der Waals surface area contributed by atoms with Gasteiger partial charge in [-0.2, -0.15) is 0 Å². The molecule has 7 heteroatoms. The predicted molar refractivity (Wildman–Crippen MR) is 106 cm³/mol. The van der Waals surface area contributed by atoms with Crippen LogP contribution in [0.3, 0.4) is 0 Å². The zero-order valence-corrected chi connectivity index (χ0v) is 16.4. The molecule has 0 bridgehead atoms. The molecule has 0 unspecified atom stereocenters. The van der Waals surface area contributed by atoms with Gasteiger partial charge in [-0.05, 0) is 31.4 Å². The second kappa shape index (κ2) is 8.04. The highest BCUT2D eigenvalue weighted by Crippen LogP contribution is 2.39. The van der Waals surface area contributed by atoms with Crippen molar-refractivity contribution in [3.63, 3.8) is 0 Å². The third-order valence-electron chi connectivity index (χ3n) is 5.37. The Balaban J connectivity index is 1.46. The molecule has 148 valence electrons. The fourth-order valence-corrected chi connectivity index (χ4v) is 3.60. The van der Waals surface area contributed by atoms with E-state index in [2.05, 4.69) is 20.9 Å². The number of hydrogen-bond donors (Lipinski definition) is 0. The van der Waals surface area contributed by atoms with Gasteiger partial charge in [-0.1, -0.05) is 0 Å². The van der Waals surface area contributed by atoms with E-state index in [1.165, 1.54) is 12.8 Å². The Hall–Kier alpha value is -2.83. The van der Waals surface area contributed by atoms with Crippen LogP contribution in [0.15, 0.2) is 30.6 Å². The van der Waals surface area contributed by atoms with E-state index in [0.717, 1.165) is 37.6 Å². The summed E-state index contributed by atoms with van der Waals surface area (Å²) in [4.78, 5) is 26.1. The molecule has 1 saturated carbocycles. The van der Waals surface area contributed by atoms with Gasteiger partial charge in [0.05, 0.1) is 14.2 Å². The number of rotatable bonds is 5. The lowest BCUT2D eigenvalue weighted by molar-refractivity contribution is 0.0766. The van der Waals surface area contributed by atoms with E-state index in [1.807, 2.05) is 4.90 Å². The van der Waals surface area contributed by atoms with Gasteiger partial charge in [0.15, 0.2) is 0 Å². The van der Waals surface area contributed by atoms with Crippen molar-refractivity contribution < 1.29 is 14.3 Å². The topological polar surface area (TPSA) is 67.8 Å². The summed E-state index contributed by atoms with van der Waals surface area (Å²) < 4.78 is 10.6. The average molecular weight is 382 g/mol. The second-order valence-electron chi connectivity index (χ2n) is 7.31. The summed E-state index contributed by atoms with van der Waals surface area (Å²) in [6.07, 6.45) is 5.01. The van der Waals surface area contributed by atoms with Crippen LogP contribution >= 0.6 is 0 Å². The first kappa shape index (κ1) is 18.5. The quantitative estimate of drug-likeness (QED) is 0.792. The van der Waals surface area contributed by atoms with E-state index in [-0.39, 0.29) is 5.91 Å². The van der Waals surface area contributed by atoms with Crippen LogP contribution in [0.25, 0.3) is 0 Å². The summed E-state index contributed by atoms with van der Waals surface area (Å²) in [5.41, 5.74) is 1.73. The zero-order valence-electron chi connectivity index (χ0n) is 16.4. The molecule has 1 aromatic carbocycles. The maximum atomic E-state index is 13.1. The molecule has 4 rings (SSSR count). The fourth-order valence-electron chi connectivity index (χ4n) is 3.60. The summed E-state index contributed by atoms with van der Waals surface area (Å²) in [7, 11) is 3.18. The molecule has 1 aliphatic carbocycles. The van der Waals surface area contributed by atoms with Crippen molar-refractivity contribution in [2.45, 2.75) is 25.2 Å². The first-order valence-corrected chi connectivity index (χ1v) is 9.77. The molecular weight excluding hydrogens is 356 g/mol. The van der Waals surface area contributed by atoms with Gasteiger partial charge in [0.25, 0.3) is 5.91 Å². The predicted octanol–water partition coefficient (Wildman–Crippen LogP) is 2.72. The average Bonchev–Trinajstić information content (AvgIpc) is 3.60. The van der Waals surface area contributed by atoms with E-state index in [1.54, 1.807) is 38.7 Å². The third kappa shape index (κ3) is 4.03. The third-order valence-corrected chi connectivity index (χ3v) is 5.37. The molecule has 2 aliphatic rings. The van der Waals surface area contributed by atoms with Gasteiger partial charge < -0.3 is 19.3 Å². The second-order valence-corrected chi connectivity index (χ2v) is 7.31. The first-order chi connectivity index (χ1) is 13.7. The lowest BCUT2D eigenvalue weighted by Crippen LogP contribution is -2.35. The Morgan fingerprint density at radius 1 is 0.964 bits per heavy atom. The van der Waals surface area contributed by atoms with Crippen LogP contribution in [-0.2, 0) is 0 Å². The standard InChI is InChI=1S/C21H26N4O3/c1-27-17-10-16(11-18(12-17)28-2)21(26)25-7-3-6-24(8-9-25)20-13-19(15-4-5-15)22-14-23-20/h10-15H,3-9H2,1-2H3. The van der Waals surface area contributed by atoms with Gasteiger partial charge in [-0.15, -0.1) is 0 Å². The summed E-state index contributed by atoms with van der Waals surface area (Å²) in [6, 6.07) is 7.41. The van der Waals surface area contributed by atoms with Gasteiger partial charge in [0.2, 0.25) is 0 Å². The smallest absolute Gasteiger partial charge is 0.254 e. The minimum atomic E-state index is 0.000377. The van der Waals surface area contributed by atoms with E-state index in [0.29, 0.717) is 29.5 Å². The lowest BCUT2D eigenvalue weighted by atomic mass is 10.1. The normalized spacial score (nSPS) is 17.2. The van der Waals surface area contributed by atoms with E-state index < -0.39 is 0 Å². The van der Waals surface area contributed by atoms with Crippen molar-refractivity contribution >= 4 is 11.7 Å². The van der Waals surface area contributed by atoms with Crippen molar-refractivity contribution in [1.29, 1.82) is 0 Å². The minimum Gasteiger partial charge on any atom is -0.497 e. The van der Waals surface area contributed by atoms with Gasteiger partial charge in [-0.25, -0.2) is 9.97 Å². The molecule has 28 heavy (non-hydrogen) atoms. The van der Waals surface area contributed by atoms with Gasteiger partial charge in [-0.3, -0.25) is 4.79 Å². The fraction of sp³-hybridized carbons (Fsp3) is 0.476. The van der Waals surface area contributed by atoms with Crippen LogP contribution in [0, 0.1) is 0 Å². The Morgan fingerprint density at radius 2 is 1.71 bits per heavy atom. The monoisotopic (exact) mass is 382 g/mol. The molecule has 0 spiro atoms. The number of benzene rings is 1. The molecule has 2 fully saturated rings. The van der Waals surface area contributed by atoms with Crippen LogP contribution in [-0.4, -0.2) is 61.2 Å². The number of methoxy groups -OCH3 is 2. The number of ether oxygens (including phenoxy) is 2. The molecule has 1 aromatic heterocycles. The largest absolute Gasteiger partial charge is 0.497 e. The Bertz CT molecular complexity index is 831. The molecule has 0 radical (unpaired) electrons. The number of carbonyl (C=O) groups is 1. The van der Waals surface area contributed by atoms with Crippen molar-refractivity contribution in [2.24, 2.45) is 0 Å². The van der Waals surface area contributed by atoms with Crippen LogP contribution in [0.5, 0.6) is 11.5 Å². The van der Waals surface area contributed by atoms with Gasteiger partial charge in [0.1, 0.15) is 23.6 Å². The van der Waals surface area contributed by atoms with Crippen LogP contribution < -0.4 is 14.4 Å². The number of hydrogen-bond acceptors (Lipinski definition) is 6. The number of amides is 1. The molecular formula is C21H26N4O3. The zero-order chi connectivity index (χ0) is 19.5. The first-order valence-electron chi connectivity index (χ1n) is 9.77. The van der Waals surface area contributed by atoms with Crippen molar-refractivity contribution in [3.8, 4) is 11.5 Å². The Morgan fingerprint density at radius 3 is 2.39 bits per heavy atom. The molecule has 2 aromatic rings. The summed E-state index contributed by atoms with van der Waals surface area (Å²) in [5, 5.41) is 0. The number of carbonyl (C=O) groups excluding carboxylic acids is 1. The van der Waals surface area contributed by atoms with Crippen molar-refractivity contribution in [2.75, 3.05) is 45.3 Å². The highest BCUT2D eigenvalue weighted by Gasteiger charge is 2.27. The molecule has 7 nitrogen and oxygen atoms in total. The molecule has 0 N–H and O–H groups in total. The van der Waals surface area contributed by atoms with Crippen LogP contribution in [0.1, 0.15) is 41.2 Å². The van der Waals surface area contributed by atoms with E-state index in [4.69, 9.17) is 9.47 Å². The number of anilines is 1. The summed E-state index contributed by atoms with van der Waals surface area (Å²) in [6.45, 7) is 3.01. The van der Waals surface area contributed by atoms with Gasteiger partial charge >= 0.3 is 0 Å². The van der Waals surface area contributed by atoms with Crippen molar-refractivity contribution in [1.82, 2.24) is 14.9 Å². The summed E-state index contributed by atoms with van der Waals surface area (Å²) >= 11 is 0. The Labute approximate surface area is 165 Å². The summed E-state index contributed by atoms with van der Waals surface area (Å²) in [5.74, 6) is 2.81. The molecule has 2 heterocycles. The SMILES string of the molecule is COc1cc(OC)cc(C(=O)N2CCCN(c3cc(C4CC4)ncn3)CC2)c1. The maximum Gasteiger partial charge on any atom is 0.254 e. The van der Waals surface area contributed by atoms with Crippen molar-refractivity contribution in [3.05, 3.63) is 41.9 Å². The van der Waals surface area contributed by atoms with Gasteiger partial charge in [0, 0.05) is 55.5 Å². The lowest BCUT2D eigenvalue weighted by Gasteiger charge is -2.23. The molecule has 0 atom stereocenters. The van der Waals surface area contributed by atoms with Crippen LogP contribution in [0.4, 0.5) is 5.82 Å². The number of nitrogens with zero attached hydrogens (tertiary/aromatic N) is 4. The van der Waals surface area contributed by atoms with E-state index in [9.17, 15) is 4.79 Å². The van der Waals surface area contributed by atoms with Crippen LogP contribution in [0.2, 0.25) is 0 Å². The molecule has 1 saturated heterocycles. The highest BCUT2D eigenvalue weighted by molar-refractivity contribution is 5.95. The molecule has 1 amide bonds. The molecule has 1 aliphatic heterocycles. The minimum absolute atomic E-state index is 0.000377. The Kier molecular flexibility index (Phi) is 5.32.